The molecular formula is C13H16BrN3O. The fourth-order valence-corrected chi connectivity index (χ4v) is 2.47. The van der Waals surface area contributed by atoms with Gasteiger partial charge in [-0.3, -0.25) is 0 Å². The van der Waals surface area contributed by atoms with E-state index in [0.29, 0.717) is 6.54 Å². The molecule has 1 aromatic carbocycles. The largest absolute Gasteiger partial charge is 0.496 e. The van der Waals surface area contributed by atoms with Crippen LogP contribution in [0.1, 0.15) is 17.1 Å². The SMILES string of the molecule is COc1ccc(Cn2c(CN)cnc2C)cc1Br. The third-order valence-electron chi connectivity index (χ3n) is 2.90. The van der Waals surface area contributed by atoms with E-state index in [9.17, 15) is 0 Å². The molecule has 1 aromatic heterocycles. The number of ether oxygens (including phenoxy) is 1. The summed E-state index contributed by atoms with van der Waals surface area (Å²) in [6.45, 7) is 3.25. The number of nitrogens with two attached hydrogens (primary N) is 1. The third-order valence-corrected chi connectivity index (χ3v) is 3.52. The molecule has 0 radical (unpaired) electrons. The van der Waals surface area contributed by atoms with E-state index in [1.54, 1.807) is 7.11 Å². The Bertz CT molecular complexity index is 551. The molecule has 18 heavy (non-hydrogen) atoms. The van der Waals surface area contributed by atoms with Crippen molar-refractivity contribution in [3.8, 4) is 5.75 Å². The van der Waals surface area contributed by atoms with E-state index < -0.39 is 0 Å². The van der Waals surface area contributed by atoms with Crippen LogP contribution in [0.2, 0.25) is 0 Å². The summed E-state index contributed by atoms with van der Waals surface area (Å²) in [7, 11) is 1.66. The summed E-state index contributed by atoms with van der Waals surface area (Å²) in [6.07, 6.45) is 1.83. The molecule has 2 N–H and O–H groups in total. The minimum Gasteiger partial charge on any atom is -0.496 e. The van der Waals surface area contributed by atoms with E-state index in [-0.39, 0.29) is 0 Å². The van der Waals surface area contributed by atoms with Gasteiger partial charge in [0.05, 0.1) is 17.3 Å². The van der Waals surface area contributed by atoms with Crippen LogP contribution in [0.5, 0.6) is 5.75 Å². The Labute approximate surface area is 115 Å². The fourth-order valence-electron chi connectivity index (χ4n) is 1.88. The van der Waals surface area contributed by atoms with Crippen LogP contribution in [0.15, 0.2) is 28.9 Å². The molecule has 2 aromatic rings. The van der Waals surface area contributed by atoms with Crippen molar-refractivity contribution in [1.82, 2.24) is 9.55 Å². The van der Waals surface area contributed by atoms with Crippen LogP contribution in [0.4, 0.5) is 0 Å². The summed E-state index contributed by atoms with van der Waals surface area (Å²) < 4.78 is 8.29. The lowest BCUT2D eigenvalue weighted by atomic mass is 10.2. The van der Waals surface area contributed by atoms with E-state index in [0.717, 1.165) is 28.3 Å². The Balaban J connectivity index is 2.28. The molecule has 0 unspecified atom stereocenters. The second-order valence-corrected chi connectivity index (χ2v) is 4.91. The van der Waals surface area contributed by atoms with Crippen LogP contribution in [0.25, 0.3) is 0 Å². The summed E-state index contributed by atoms with van der Waals surface area (Å²) >= 11 is 3.49. The van der Waals surface area contributed by atoms with Gasteiger partial charge in [0.25, 0.3) is 0 Å². The fraction of sp³-hybridized carbons (Fsp3) is 0.308. The highest BCUT2D eigenvalue weighted by molar-refractivity contribution is 9.10. The van der Waals surface area contributed by atoms with Gasteiger partial charge >= 0.3 is 0 Å². The second-order valence-electron chi connectivity index (χ2n) is 4.06. The van der Waals surface area contributed by atoms with E-state index >= 15 is 0 Å². The molecule has 0 atom stereocenters. The van der Waals surface area contributed by atoms with Crippen LogP contribution >= 0.6 is 15.9 Å². The van der Waals surface area contributed by atoms with Gasteiger partial charge < -0.3 is 15.0 Å². The number of imidazole rings is 1. The first-order chi connectivity index (χ1) is 8.65. The summed E-state index contributed by atoms with van der Waals surface area (Å²) in [5.74, 6) is 1.81. The van der Waals surface area contributed by atoms with Gasteiger partial charge in [-0.2, -0.15) is 0 Å². The number of aryl methyl sites for hydroxylation is 1. The van der Waals surface area contributed by atoms with E-state index in [1.165, 1.54) is 5.56 Å². The predicted molar refractivity (Wildman–Crippen MR) is 74.7 cm³/mol. The molecular weight excluding hydrogens is 294 g/mol. The smallest absolute Gasteiger partial charge is 0.133 e. The highest BCUT2D eigenvalue weighted by Gasteiger charge is 2.07. The molecule has 0 saturated carbocycles. The van der Waals surface area contributed by atoms with Crippen molar-refractivity contribution in [3.63, 3.8) is 0 Å². The van der Waals surface area contributed by atoms with E-state index in [2.05, 4.69) is 31.5 Å². The zero-order chi connectivity index (χ0) is 13.1. The van der Waals surface area contributed by atoms with Crippen LogP contribution in [-0.2, 0) is 13.1 Å². The van der Waals surface area contributed by atoms with Gasteiger partial charge in [0.1, 0.15) is 11.6 Å². The van der Waals surface area contributed by atoms with Crippen molar-refractivity contribution in [2.24, 2.45) is 5.73 Å². The topological polar surface area (TPSA) is 53.1 Å². The van der Waals surface area contributed by atoms with Crippen molar-refractivity contribution in [2.45, 2.75) is 20.0 Å². The minimum atomic E-state index is 0.498. The molecule has 0 aliphatic heterocycles. The van der Waals surface area contributed by atoms with Crippen molar-refractivity contribution in [2.75, 3.05) is 7.11 Å². The van der Waals surface area contributed by atoms with Gasteiger partial charge in [-0.05, 0) is 40.5 Å². The van der Waals surface area contributed by atoms with Gasteiger partial charge in [-0.15, -0.1) is 0 Å². The zero-order valence-corrected chi connectivity index (χ0v) is 12.1. The summed E-state index contributed by atoms with van der Waals surface area (Å²) in [6, 6.07) is 6.05. The zero-order valence-electron chi connectivity index (χ0n) is 10.5. The lowest BCUT2D eigenvalue weighted by Crippen LogP contribution is -2.09. The first-order valence-corrected chi connectivity index (χ1v) is 6.48. The molecule has 96 valence electrons. The Hall–Kier alpha value is -1.33. The lowest BCUT2D eigenvalue weighted by molar-refractivity contribution is 0.412. The van der Waals surface area contributed by atoms with Gasteiger partial charge in [0.15, 0.2) is 0 Å². The Morgan fingerprint density at radius 1 is 1.44 bits per heavy atom. The molecule has 5 heteroatoms. The van der Waals surface area contributed by atoms with Crippen LogP contribution in [-0.4, -0.2) is 16.7 Å². The number of hydrogen-bond acceptors (Lipinski definition) is 3. The molecule has 4 nitrogen and oxygen atoms in total. The molecule has 0 aliphatic rings. The monoisotopic (exact) mass is 309 g/mol. The van der Waals surface area contributed by atoms with E-state index in [1.807, 2.05) is 25.3 Å². The van der Waals surface area contributed by atoms with E-state index in [4.69, 9.17) is 10.5 Å². The average molecular weight is 310 g/mol. The van der Waals surface area contributed by atoms with Gasteiger partial charge in [0, 0.05) is 19.3 Å². The van der Waals surface area contributed by atoms with Gasteiger partial charge in [0.2, 0.25) is 0 Å². The maximum atomic E-state index is 5.70. The van der Waals surface area contributed by atoms with Crippen molar-refractivity contribution in [1.29, 1.82) is 0 Å². The van der Waals surface area contributed by atoms with Crippen molar-refractivity contribution >= 4 is 15.9 Å². The summed E-state index contributed by atoms with van der Waals surface area (Å²) in [5, 5.41) is 0. The Morgan fingerprint density at radius 2 is 2.22 bits per heavy atom. The highest BCUT2D eigenvalue weighted by atomic mass is 79.9. The highest BCUT2D eigenvalue weighted by Crippen LogP contribution is 2.26. The average Bonchev–Trinajstić information content (AvgIpc) is 2.71. The third kappa shape index (κ3) is 2.57. The molecule has 0 aliphatic carbocycles. The second kappa shape index (κ2) is 5.54. The summed E-state index contributed by atoms with van der Waals surface area (Å²) in [5.41, 5.74) is 7.92. The first-order valence-electron chi connectivity index (χ1n) is 5.69. The lowest BCUT2D eigenvalue weighted by Gasteiger charge is -2.11. The van der Waals surface area contributed by atoms with Gasteiger partial charge in [-0.25, -0.2) is 4.98 Å². The number of nitrogens with zero attached hydrogens (tertiary/aromatic N) is 2. The number of halogens is 1. The molecule has 0 spiro atoms. The normalized spacial score (nSPS) is 10.7. The Kier molecular flexibility index (Phi) is 4.04. The van der Waals surface area contributed by atoms with Crippen molar-refractivity contribution < 1.29 is 4.74 Å². The molecule has 2 rings (SSSR count). The molecule has 1 heterocycles. The van der Waals surface area contributed by atoms with Crippen LogP contribution in [0.3, 0.4) is 0 Å². The number of rotatable bonds is 4. The molecule has 0 saturated heterocycles. The standard InChI is InChI=1S/C13H16BrN3O/c1-9-16-7-11(6-15)17(9)8-10-3-4-13(18-2)12(14)5-10/h3-5,7H,6,8,15H2,1-2H3. The molecule has 0 bridgehead atoms. The van der Waals surface area contributed by atoms with Crippen molar-refractivity contribution in [3.05, 3.63) is 46.0 Å². The number of aromatic nitrogens is 2. The first kappa shape index (κ1) is 13.1. The number of methoxy groups -OCH3 is 1. The molecule has 0 amide bonds. The van der Waals surface area contributed by atoms with Gasteiger partial charge in [-0.1, -0.05) is 6.07 Å². The minimum absolute atomic E-state index is 0.498. The number of benzene rings is 1. The predicted octanol–water partition coefficient (Wildman–Crippen LogP) is 2.47. The maximum absolute atomic E-state index is 5.70. The Morgan fingerprint density at radius 3 is 2.83 bits per heavy atom. The van der Waals surface area contributed by atoms with Crippen LogP contribution < -0.4 is 10.5 Å². The summed E-state index contributed by atoms with van der Waals surface area (Å²) in [4.78, 5) is 4.29. The molecule has 0 fully saturated rings. The quantitative estimate of drug-likeness (QED) is 0.944. The number of hydrogen-bond donors (Lipinski definition) is 1. The van der Waals surface area contributed by atoms with Crippen LogP contribution in [0, 0.1) is 6.92 Å². The maximum Gasteiger partial charge on any atom is 0.133 e.